The Hall–Kier alpha value is -2.94. The van der Waals surface area contributed by atoms with Gasteiger partial charge in [0.2, 0.25) is 0 Å². The summed E-state index contributed by atoms with van der Waals surface area (Å²) in [6.07, 6.45) is 1.97. The maximum atomic E-state index is 4.75. The number of fused-ring (bicyclic) bond motifs is 1. The Bertz CT molecular complexity index is 1170. The van der Waals surface area contributed by atoms with E-state index in [1.54, 1.807) is 0 Å². The fourth-order valence-corrected chi connectivity index (χ4v) is 3.36. The zero-order chi connectivity index (χ0) is 20.8. The summed E-state index contributed by atoms with van der Waals surface area (Å²) in [5, 5.41) is 15.1. The van der Waals surface area contributed by atoms with Gasteiger partial charge in [0.1, 0.15) is 0 Å². The third-order valence-electron chi connectivity index (χ3n) is 4.84. The Morgan fingerprint density at radius 2 is 1.74 bits per heavy atom. The first-order valence-corrected chi connectivity index (χ1v) is 10.2. The molecule has 0 unspecified atom stereocenters. The zero-order valence-electron chi connectivity index (χ0n) is 17.7. The Morgan fingerprint density at radius 1 is 0.935 bits per heavy atom. The van der Waals surface area contributed by atoms with Gasteiger partial charge in [0.15, 0.2) is 17.4 Å². The Balaban J connectivity index is 0.00000272. The minimum atomic E-state index is 0. The first-order valence-electron chi connectivity index (χ1n) is 10.2. The maximum absolute atomic E-state index is 4.75. The highest BCUT2D eigenvalue weighted by Gasteiger charge is 2.06. The number of guanidine groups is 1. The van der Waals surface area contributed by atoms with E-state index in [-0.39, 0.29) is 24.0 Å². The van der Waals surface area contributed by atoms with E-state index in [2.05, 4.69) is 83.2 Å². The van der Waals surface area contributed by atoms with Crippen LogP contribution in [0, 0.1) is 6.92 Å². The van der Waals surface area contributed by atoms with Gasteiger partial charge in [0, 0.05) is 12.7 Å². The highest BCUT2D eigenvalue weighted by molar-refractivity contribution is 14.0. The summed E-state index contributed by atoms with van der Waals surface area (Å²) in [6.45, 7) is 6.10. The van der Waals surface area contributed by atoms with Crippen molar-refractivity contribution in [2.24, 2.45) is 4.99 Å². The first kappa shape index (κ1) is 22.7. The molecule has 6 nitrogen and oxygen atoms in total. The number of rotatable bonds is 6. The minimum Gasteiger partial charge on any atom is -0.357 e. The number of benzene rings is 2. The summed E-state index contributed by atoms with van der Waals surface area (Å²) >= 11 is 0. The molecule has 31 heavy (non-hydrogen) atoms. The van der Waals surface area contributed by atoms with Crippen molar-refractivity contribution in [1.29, 1.82) is 0 Å². The van der Waals surface area contributed by atoms with Crippen LogP contribution >= 0.6 is 24.0 Å². The van der Waals surface area contributed by atoms with E-state index in [1.165, 1.54) is 22.3 Å². The van der Waals surface area contributed by atoms with Gasteiger partial charge in [0.25, 0.3) is 0 Å². The van der Waals surface area contributed by atoms with E-state index in [1.807, 2.05) is 28.8 Å². The molecule has 160 valence electrons. The van der Waals surface area contributed by atoms with Crippen molar-refractivity contribution in [3.63, 3.8) is 0 Å². The molecule has 2 aromatic carbocycles. The van der Waals surface area contributed by atoms with Crippen molar-refractivity contribution in [3.05, 3.63) is 89.9 Å². The Labute approximate surface area is 199 Å². The number of aromatic nitrogens is 3. The van der Waals surface area contributed by atoms with Crippen LogP contribution in [0.15, 0.2) is 77.9 Å². The Kier molecular flexibility index (Phi) is 8.00. The van der Waals surface area contributed by atoms with Crippen molar-refractivity contribution in [2.45, 2.75) is 26.9 Å². The SMILES string of the molecule is CCNC(=NCc1cccc(-c2cccc(C)c2)c1)NCc1nnc2ccccn12.I. The normalized spacial score (nSPS) is 11.2. The van der Waals surface area contributed by atoms with Crippen LogP contribution in [0.1, 0.15) is 23.9 Å². The van der Waals surface area contributed by atoms with Crippen LogP contribution in [-0.2, 0) is 13.1 Å². The van der Waals surface area contributed by atoms with Gasteiger partial charge in [-0.05, 0) is 48.7 Å². The highest BCUT2D eigenvalue weighted by Crippen LogP contribution is 2.21. The summed E-state index contributed by atoms with van der Waals surface area (Å²) in [5.74, 6) is 1.60. The van der Waals surface area contributed by atoms with E-state index in [0.29, 0.717) is 13.1 Å². The van der Waals surface area contributed by atoms with E-state index in [0.717, 1.165) is 24.0 Å². The fourth-order valence-electron chi connectivity index (χ4n) is 3.36. The number of pyridine rings is 1. The van der Waals surface area contributed by atoms with Gasteiger partial charge in [-0.1, -0.05) is 54.1 Å². The number of nitrogens with one attached hydrogen (secondary N) is 2. The Morgan fingerprint density at radius 3 is 2.55 bits per heavy atom. The molecule has 0 amide bonds. The van der Waals surface area contributed by atoms with Gasteiger partial charge >= 0.3 is 0 Å². The lowest BCUT2D eigenvalue weighted by Crippen LogP contribution is -2.37. The van der Waals surface area contributed by atoms with Gasteiger partial charge < -0.3 is 10.6 Å². The molecule has 0 fully saturated rings. The molecule has 7 heteroatoms. The molecule has 0 radical (unpaired) electrons. The predicted molar refractivity (Wildman–Crippen MR) is 137 cm³/mol. The van der Waals surface area contributed by atoms with E-state index < -0.39 is 0 Å². The summed E-state index contributed by atoms with van der Waals surface area (Å²) in [4.78, 5) is 4.75. The summed E-state index contributed by atoms with van der Waals surface area (Å²) < 4.78 is 1.97. The third kappa shape index (κ3) is 5.81. The van der Waals surface area contributed by atoms with Crippen molar-refractivity contribution in [1.82, 2.24) is 25.2 Å². The lowest BCUT2D eigenvalue weighted by Gasteiger charge is -2.11. The molecular weight excluding hydrogens is 499 g/mol. The second-order valence-electron chi connectivity index (χ2n) is 7.16. The van der Waals surface area contributed by atoms with Gasteiger partial charge in [-0.2, -0.15) is 0 Å². The minimum absolute atomic E-state index is 0. The van der Waals surface area contributed by atoms with E-state index >= 15 is 0 Å². The fraction of sp³-hybridized carbons (Fsp3) is 0.208. The van der Waals surface area contributed by atoms with Crippen LogP contribution in [0.3, 0.4) is 0 Å². The van der Waals surface area contributed by atoms with Crippen LogP contribution in [-0.4, -0.2) is 27.1 Å². The largest absolute Gasteiger partial charge is 0.357 e. The number of hydrogen-bond donors (Lipinski definition) is 2. The van der Waals surface area contributed by atoms with E-state index in [9.17, 15) is 0 Å². The van der Waals surface area contributed by atoms with Crippen molar-refractivity contribution < 1.29 is 0 Å². The topological polar surface area (TPSA) is 66.6 Å². The van der Waals surface area contributed by atoms with Crippen LogP contribution < -0.4 is 10.6 Å². The lowest BCUT2D eigenvalue weighted by molar-refractivity contribution is 0.765. The molecule has 0 bridgehead atoms. The lowest BCUT2D eigenvalue weighted by atomic mass is 10.0. The van der Waals surface area contributed by atoms with Gasteiger partial charge in [-0.25, -0.2) is 4.99 Å². The molecule has 4 rings (SSSR count). The van der Waals surface area contributed by atoms with Crippen LogP contribution in [0.4, 0.5) is 0 Å². The van der Waals surface area contributed by atoms with Gasteiger partial charge in [-0.3, -0.25) is 4.40 Å². The second kappa shape index (κ2) is 10.9. The molecule has 2 aromatic heterocycles. The monoisotopic (exact) mass is 526 g/mol. The molecule has 0 aliphatic carbocycles. The summed E-state index contributed by atoms with van der Waals surface area (Å²) in [6, 6.07) is 23.0. The van der Waals surface area contributed by atoms with Crippen molar-refractivity contribution in [3.8, 4) is 11.1 Å². The first-order chi connectivity index (χ1) is 14.7. The quantitative estimate of drug-likeness (QED) is 0.219. The number of aliphatic imine (C=N–C) groups is 1. The number of nitrogens with zero attached hydrogens (tertiary/aromatic N) is 4. The number of aryl methyl sites for hydroxylation is 1. The molecule has 0 spiro atoms. The molecule has 0 atom stereocenters. The zero-order valence-corrected chi connectivity index (χ0v) is 20.1. The molecule has 0 aliphatic rings. The molecule has 0 aliphatic heterocycles. The number of hydrogen-bond acceptors (Lipinski definition) is 3. The average Bonchev–Trinajstić information content (AvgIpc) is 3.19. The second-order valence-corrected chi connectivity index (χ2v) is 7.16. The van der Waals surface area contributed by atoms with Crippen LogP contribution in [0.5, 0.6) is 0 Å². The van der Waals surface area contributed by atoms with Gasteiger partial charge in [0.05, 0.1) is 13.1 Å². The summed E-state index contributed by atoms with van der Waals surface area (Å²) in [7, 11) is 0. The third-order valence-corrected chi connectivity index (χ3v) is 4.84. The highest BCUT2D eigenvalue weighted by atomic mass is 127. The molecule has 0 saturated heterocycles. The standard InChI is InChI=1S/C24H26N6.HI/c1-3-25-24(27-17-23-29-28-22-12-4-5-13-30(22)23)26-16-19-9-7-11-21(15-19)20-10-6-8-18(2)14-20;/h4-15H,3,16-17H2,1-2H3,(H2,25,26,27);1H. The average molecular weight is 526 g/mol. The van der Waals surface area contributed by atoms with E-state index in [4.69, 9.17) is 4.99 Å². The van der Waals surface area contributed by atoms with Crippen LogP contribution in [0.2, 0.25) is 0 Å². The maximum Gasteiger partial charge on any atom is 0.191 e. The molecule has 2 heterocycles. The smallest absolute Gasteiger partial charge is 0.191 e. The van der Waals surface area contributed by atoms with Crippen molar-refractivity contribution in [2.75, 3.05) is 6.54 Å². The molecule has 0 saturated carbocycles. The number of halogens is 1. The summed E-state index contributed by atoms with van der Waals surface area (Å²) in [5.41, 5.74) is 5.70. The molecular formula is C24H27IN6. The predicted octanol–water partition coefficient (Wildman–Crippen LogP) is 4.58. The van der Waals surface area contributed by atoms with Gasteiger partial charge in [-0.15, -0.1) is 34.2 Å². The molecule has 2 N–H and O–H groups in total. The van der Waals surface area contributed by atoms with Crippen molar-refractivity contribution >= 4 is 35.6 Å². The molecule has 4 aromatic rings. The van der Waals surface area contributed by atoms with Crippen LogP contribution in [0.25, 0.3) is 16.8 Å².